The molecule has 0 nitrogen and oxygen atoms in total. The van der Waals surface area contributed by atoms with Gasteiger partial charge in [0.2, 0.25) is 0 Å². The number of allylic oxidation sites excluding steroid dienone is 4. The van der Waals surface area contributed by atoms with Gasteiger partial charge in [-0.25, -0.2) is 0 Å². The summed E-state index contributed by atoms with van der Waals surface area (Å²) in [5.74, 6) is 0. The van der Waals surface area contributed by atoms with Gasteiger partial charge in [-0.1, -0.05) is 66.9 Å². The molecule has 84 valence electrons. The van der Waals surface area contributed by atoms with Crippen LogP contribution in [0.15, 0.2) is 36.5 Å². The van der Waals surface area contributed by atoms with Crippen molar-refractivity contribution in [3.8, 4) is 0 Å². The Bertz CT molecular complexity index is 131. The van der Waals surface area contributed by atoms with Gasteiger partial charge in [-0.3, -0.25) is 0 Å². The summed E-state index contributed by atoms with van der Waals surface area (Å²) < 4.78 is 0. The highest BCUT2D eigenvalue weighted by molar-refractivity contribution is 5.30. The van der Waals surface area contributed by atoms with Gasteiger partial charge in [0.15, 0.2) is 0 Å². The van der Waals surface area contributed by atoms with Crippen LogP contribution < -0.4 is 0 Å². The molecule has 0 N–H and O–H groups in total. The van der Waals surface area contributed by atoms with Crippen LogP contribution in [-0.4, -0.2) is 0 Å². The van der Waals surface area contributed by atoms with E-state index in [9.17, 15) is 0 Å². The first-order chi connectivity index (χ1) is 6.79. The van der Waals surface area contributed by atoms with Crippen LogP contribution in [0.1, 0.15) is 54.4 Å². The fourth-order valence-corrected chi connectivity index (χ4v) is 1.00. The molecule has 0 radical (unpaired) electrons. The van der Waals surface area contributed by atoms with E-state index < -0.39 is 0 Å². The molecule has 0 spiro atoms. The SMILES string of the molecule is C=C/C(CC)=C(\C=C)CC.CC.CC. The zero-order chi connectivity index (χ0) is 12.0. The van der Waals surface area contributed by atoms with E-state index in [1.165, 1.54) is 11.1 Å². The Hall–Kier alpha value is -0.780. The molecular weight excluding hydrogens is 168 g/mol. The van der Waals surface area contributed by atoms with Gasteiger partial charge < -0.3 is 0 Å². The molecule has 0 aliphatic heterocycles. The zero-order valence-electron chi connectivity index (χ0n) is 11.0. The van der Waals surface area contributed by atoms with Crippen molar-refractivity contribution in [3.05, 3.63) is 36.5 Å². The van der Waals surface area contributed by atoms with Gasteiger partial charge in [-0.15, -0.1) is 0 Å². The Morgan fingerprint density at radius 1 is 0.786 bits per heavy atom. The molecule has 0 aliphatic rings. The quantitative estimate of drug-likeness (QED) is 0.519. The highest BCUT2D eigenvalue weighted by atomic mass is 14.0. The summed E-state index contributed by atoms with van der Waals surface area (Å²) in [7, 11) is 0. The summed E-state index contributed by atoms with van der Waals surface area (Å²) in [4.78, 5) is 0. The molecule has 0 heterocycles. The molecule has 0 unspecified atom stereocenters. The fraction of sp³-hybridized carbons (Fsp3) is 0.571. The second-order valence-corrected chi connectivity index (χ2v) is 2.17. The molecule has 0 heteroatoms. The van der Waals surface area contributed by atoms with Crippen molar-refractivity contribution in [2.45, 2.75) is 54.4 Å². The highest BCUT2D eigenvalue weighted by Crippen LogP contribution is 2.13. The summed E-state index contributed by atoms with van der Waals surface area (Å²) in [6.07, 6.45) is 5.94. The van der Waals surface area contributed by atoms with E-state index in [0.29, 0.717) is 0 Å². The average molecular weight is 196 g/mol. The Morgan fingerprint density at radius 3 is 1.07 bits per heavy atom. The zero-order valence-corrected chi connectivity index (χ0v) is 11.0. The van der Waals surface area contributed by atoms with Gasteiger partial charge in [-0.2, -0.15) is 0 Å². The summed E-state index contributed by atoms with van der Waals surface area (Å²) in [5, 5.41) is 0. The fourth-order valence-electron chi connectivity index (χ4n) is 1.00. The molecule has 0 bridgehead atoms. The summed E-state index contributed by atoms with van der Waals surface area (Å²) >= 11 is 0. The van der Waals surface area contributed by atoms with Crippen molar-refractivity contribution in [2.75, 3.05) is 0 Å². The van der Waals surface area contributed by atoms with Crippen LogP contribution in [0, 0.1) is 0 Å². The summed E-state index contributed by atoms with van der Waals surface area (Å²) in [5.41, 5.74) is 2.63. The largest absolute Gasteiger partial charge is 0.0988 e. The van der Waals surface area contributed by atoms with Crippen LogP contribution in [0.25, 0.3) is 0 Å². The smallest absolute Gasteiger partial charge is 0.0305 e. The van der Waals surface area contributed by atoms with E-state index in [1.807, 2.05) is 39.8 Å². The first-order valence-electron chi connectivity index (χ1n) is 5.77. The normalized spacial score (nSPS) is 9.57. The Kier molecular flexibility index (Phi) is 24.4. The number of hydrogen-bond acceptors (Lipinski definition) is 0. The van der Waals surface area contributed by atoms with E-state index in [-0.39, 0.29) is 0 Å². The molecule has 0 aliphatic carbocycles. The molecular formula is C14H28. The maximum Gasteiger partial charge on any atom is -0.0305 e. The van der Waals surface area contributed by atoms with Crippen LogP contribution in [-0.2, 0) is 0 Å². The van der Waals surface area contributed by atoms with E-state index >= 15 is 0 Å². The Morgan fingerprint density at radius 2 is 1.00 bits per heavy atom. The molecule has 0 aromatic heterocycles. The minimum absolute atomic E-state index is 1.05. The Balaban J connectivity index is -0.000000266. The predicted molar refractivity (Wildman–Crippen MR) is 70.7 cm³/mol. The third-order valence-corrected chi connectivity index (χ3v) is 1.67. The third kappa shape index (κ3) is 9.31. The van der Waals surface area contributed by atoms with Gasteiger partial charge in [0.05, 0.1) is 0 Å². The van der Waals surface area contributed by atoms with Gasteiger partial charge in [0.25, 0.3) is 0 Å². The molecule has 0 aromatic carbocycles. The van der Waals surface area contributed by atoms with Crippen molar-refractivity contribution in [2.24, 2.45) is 0 Å². The van der Waals surface area contributed by atoms with Gasteiger partial charge >= 0.3 is 0 Å². The van der Waals surface area contributed by atoms with Crippen LogP contribution in [0.2, 0.25) is 0 Å². The summed E-state index contributed by atoms with van der Waals surface area (Å²) in [6, 6.07) is 0. The first kappa shape index (κ1) is 18.9. The van der Waals surface area contributed by atoms with E-state index in [4.69, 9.17) is 0 Å². The molecule has 0 saturated carbocycles. The number of hydrogen-bond donors (Lipinski definition) is 0. The molecule has 0 fully saturated rings. The minimum Gasteiger partial charge on any atom is -0.0988 e. The minimum atomic E-state index is 1.05. The van der Waals surface area contributed by atoms with Gasteiger partial charge in [0.1, 0.15) is 0 Å². The summed E-state index contributed by atoms with van der Waals surface area (Å²) in [6.45, 7) is 19.8. The first-order valence-corrected chi connectivity index (χ1v) is 5.77. The Labute approximate surface area is 91.4 Å². The number of rotatable bonds is 4. The van der Waals surface area contributed by atoms with Gasteiger partial charge in [0, 0.05) is 0 Å². The monoisotopic (exact) mass is 196 g/mol. The molecule has 0 rings (SSSR count). The molecule has 0 aromatic rings. The van der Waals surface area contributed by atoms with Crippen LogP contribution in [0.3, 0.4) is 0 Å². The maximum atomic E-state index is 3.74. The second-order valence-electron chi connectivity index (χ2n) is 2.17. The topological polar surface area (TPSA) is 0 Å². The van der Waals surface area contributed by atoms with E-state index in [1.54, 1.807) is 0 Å². The lowest BCUT2D eigenvalue weighted by Crippen LogP contribution is -1.82. The highest BCUT2D eigenvalue weighted by Gasteiger charge is 1.93. The molecule has 0 saturated heterocycles. The van der Waals surface area contributed by atoms with Crippen LogP contribution >= 0.6 is 0 Å². The van der Waals surface area contributed by atoms with Gasteiger partial charge in [-0.05, 0) is 24.0 Å². The second kappa shape index (κ2) is 18.1. The lowest BCUT2D eigenvalue weighted by atomic mass is 10.0. The maximum absolute atomic E-state index is 3.74. The van der Waals surface area contributed by atoms with E-state index in [2.05, 4.69) is 27.0 Å². The van der Waals surface area contributed by atoms with E-state index in [0.717, 1.165) is 12.8 Å². The molecule has 0 atom stereocenters. The van der Waals surface area contributed by atoms with Crippen LogP contribution in [0.4, 0.5) is 0 Å². The molecule has 0 amide bonds. The van der Waals surface area contributed by atoms with Crippen molar-refractivity contribution >= 4 is 0 Å². The average Bonchev–Trinajstić information content (AvgIpc) is 2.31. The lowest BCUT2D eigenvalue weighted by Gasteiger charge is -2.02. The van der Waals surface area contributed by atoms with Crippen LogP contribution in [0.5, 0.6) is 0 Å². The third-order valence-electron chi connectivity index (χ3n) is 1.67. The van der Waals surface area contributed by atoms with Crippen molar-refractivity contribution in [3.63, 3.8) is 0 Å². The van der Waals surface area contributed by atoms with Crippen molar-refractivity contribution < 1.29 is 0 Å². The molecule has 14 heavy (non-hydrogen) atoms. The van der Waals surface area contributed by atoms with Crippen molar-refractivity contribution in [1.29, 1.82) is 0 Å². The predicted octanol–water partition coefficient (Wildman–Crippen LogP) is 5.53. The standard InChI is InChI=1S/C10H16.2C2H6/c1-5-9(6-2)10(7-3)8-4;2*1-2/h5,7H,1,3,6,8H2,2,4H3;2*1-2H3/b10-9-;;. The lowest BCUT2D eigenvalue weighted by molar-refractivity contribution is 1.05. The van der Waals surface area contributed by atoms with Crippen molar-refractivity contribution in [1.82, 2.24) is 0 Å².